The monoisotopic (exact) mass is 287 g/mol. The lowest BCUT2D eigenvalue weighted by molar-refractivity contribution is 0.0706. The lowest BCUT2D eigenvalue weighted by Gasteiger charge is -2.31. The van der Waals surface area contributed by atoms with Crippen LogP contribution in [0.2, 0.25) is 10.3 Å². The third-order valence-electron chi connectivity index (χ3n) is 3.32. The molecule has 98 valence electrons. The predicted molar refractivity (Wildman–Crippen MR) is 71.0 cm³/mol. The van der Waals surface area contributed by atoms with E-state index in [1.165, 1.54) is 25.3 Å². The van der Waals surface area contributed by atoms with Crippen LogP contribution in [0.5, 0.6) is 0 Å². The second kappa shape index (κ2) is 5.85. The van der Waals surface area contributed by atoms with E-state index in [-0.39, 0.29) is 16.2 Å². The second-order valence-corrected chi connectivity index (χ2v) is 5.26. The zero-order chi connectivity index (χ0) is 13.1. The van der Waals surface area contributed by atoms with E-state index >= 15 is 0 Å². The van der Waals surface area contributed by atoms with Crippen LogP contribution in [0.4, 0.5) is 0 Å². The number of nitrogens with zero attached hydrogens (tertiary/aromatic N) is 3. The van der Waals surface area contributed by atoms with Gasteiger partial charge in [0.2, 0.25) is 0 Å². The first-order valence-corrected chi connectivity index (χ1v) is 6.85. The van der Waals surface area contributed by atoms with E-state index in [0.29, 0.717) is 18.0 Å². The van der Waals surface area contributed by atoms with Crippen molar-refractivity contribution in [3.8, 4) is 0 Å². The number of rotatable bonds is 4. The number of aromatic nitrogens is 2. The van der Waals surface area contributed by atoms with Gasteiger partial charge in [0.1, 0.15) is 0 Å². The van der Waals surface area contributed by atoms with Crippen molar-refractivity contribution in [1.82, 2.24) is 15.1 Å². The molecule has 1 aliphatic rings. The van der Waals surface area contributed by atoms with Crippen LogP contribution < -0.4 is 0 Å². The summed E-state index contributed by atoms with van der Waals surface area (Å²) < 4.78 is 0. The van der Waals surface area contributed by atoms with Crippen LogP contribution in [0.1, 0.15) is 36.5 Å². The van der Waals surface area contributed by atoms with Crippen LogP contribution in [-0.4, -0.2) is 34.1 Å². The normalized spacial score (nSPS) is 15.3. The third kappa shape index (κ3) is 2.93. The first kappa shape index (κ1) is 13.6. The van der Waals surface area contributed by atoms with Crippen molar-refractivity contribution < 1.29 is 4.79 Å². The molecule has 1 saturated carbocycles. The van der Waals surface area contributed by atoms with Gasteiger partial charge in [-0.3, -0.25) is 4.79 Å². The van der Waals surface area contributed by atoms with E-state index in [4.69, 9.17) is 23.2 Å². The maximum atomic E-state index is 12.3. The highest BCUT2D eigenvalue weighted by Crippen LogP contribution is 2.28. The fourth-order valence-corrected chi connectivity index (χ4v) is 2.34. The smallest absolute Gasteiger partial charge is 0.257 e. The maximum Gasteiger partial charge on any atom is 0.257 e. The highest BCUT2D eigenvalue weighted by Gasteiger charge is 2.25. The Balaban J connectivity index is 2.14. The summed E-state index contributed by atoms with van der Waals surface area (Å²) in [4.78, 5) is 14.1. The SMILES string of the molecule is CCN(CC1CCC1)C(=O)c1cc(Cl)nnc1Cl. The van der Waals surface area contributed by atoms with Gasteiger partial charge in [-0.2, -0.15) is 0 Å². The number of halogens is 2. The van der Waals surface area contributed by atoms with E-state index in [1.54, 1.807) is 4.90 Å². The minimum atomic E-state index is -0.119. The summed E-state index contributed by atoms with van der Waals surface area (Å²) >= 11 is 11.6. The zero-order valence-corrected chi connectivity index (χ0v) is 11.7. The van der Waals surface area contributed by atoms with Crippen LogP contribution in [0.3, 0.4) is 0 Å². The molecule has 1 heterocycles. The zero-order valence-electron chi connectivity index (χ0n) is 10.2. The first-order chi connectivity index (χ1) is 8.61. The van der Waals surface area contributed by atoms with Crippen LogP contribution in [-0.2, 0) is 0 Å². The van der Waals surface area contributed by atoms with Crippen molar-refractivity contribution in [1.29, 1.82) is 0 Å². The summed E-state index contributed by atoms with van der Waals surface area (Å²) in [7, 11) is 0. The largest absolute Gasteiger partial charge is 0.339 e. The Hall–Kier alpha value is -0.870. The molecule has 1 aliphatic carbocycles. The second-order valence-electron chi connectivity index (χ2n) is 4.51. The molecule has 0 aliphatic heterocycles. The number of hydrogen-bond acceptors (Lipinski definition) is 3. The van der Waals surface area contributed by atoms with Gasteiger partial charge in [-0.1, -0.05) is 29.6 Å². The fourth-order valence-electron chi connectivity index (χ4n) is 2.02. The molecule has 4 nitrogen and oxygen atoms in total. The van der Waals surface area contributed by atoms with Crippen LogP contribution in [0.15, 0.2) is 6.07 Å². The summed E-state index contributed by atoms with van der Waals surface area (Å²) in [6.07, 6.45) is 3.67. The van der Waals surface area contributed by atoms with E-state index in [1.807, 2.05) is 6.92 Å². The molecule has 0 atom stereocenters. The minimum Gasteiger partial charge on any atom is -0.339 e. The molecule has 1 aromatic rings. The topological polar surface area (TPSA) is 46.1 Å². The molecule has 0 bridgehead atoms. The highest BCUT2D eigenvalue weighted by atomic mass is 35.5. The molecule has 0 aromatic carbocycles. The van der Waals surface area contributed by atoms with Crippen LogP contribution in [0, 0.1) is 5.92 Å². The summed E-state index contributed by atoms with van der Waals surface area (Å²) in [5, 5.41) is 7.56. The standard InChI is InChI=1S/C12H15Cl2N3O/c1-2-17(7-8-4-3-5-8)12(18)9-6-10(13)15-16-11(9)14/h6,8H,2-5,7H2,1H3. The molecule has 1 fully saturated rings. The summed E-state index contributed by atoms with van der Waals surface area (Å²) in [6, 6.07) is 1.47. The van der Waals surface area contributed by atoms with E-state index in [9.17, 15) is 4.79 Å². The molecule has 2 rings (SSSR count). The van der Waals surface area contributed by atoms with E-state index in [0.717, 1.165) is 6.54 Å². The predicted octanol–water partition coefficient (Wildman–Crippen LogP) is 3.05. The Bertz CT molecular complexity index is 449. The molecule has 0 spiro atoms. The average Bonchev–Trinajstić information content (AvgIpc) is 2.30. The van der Waals surface area contributed by atoms with Gasteiger partial charge in [-0.25, -0.2) is 0 Å². The van der Waals surface area contributed by atoms with Crippen LogP contribution >= 0.6 is 23.2 Å². The quantitative estimate of drug-likeness (QED) is 0.855. The van der Waals surface area contributed by atoms with Crippen LogP contribution in [0.25, 0.3) is 0 Å². The Morgan fingerprint density at radius 1 is 1.44 bits per heavy atom. The van der Waals surface area contributed by atoms with Crippen molar-refractivity contribution in [2.45, 2.75) is 26.2 Å². The molecule has 1 aromatic heterocycles. The van der Waals surface area contributed by atoms with Crippen molar-refractivity contribution in [2.75, 3.05) is 13.1 Å². The molecular formula is C12H15Cl2N3O. The van der Waals surface area contributed by atoms with Gasteiger partial charge in [0.15, 0.2) is 10.3 Å². The number of hydrogen-bond donors (Lipinski definition) is 0. The molecule has 0 saturated heterocycles. The van der Waals surface area contributed by atoms with Gasteiger partial charge in [0.05, 0.1) is 5.56 Å². The van der Waals surface area contributed by atoms with Gasteiger partial charge < -0.3 is 4.90 Å². The van der Waals surface area contributed by atoms with Gasteiger partial charge in [-0.05, 0) is 31.7 Å². The Labute approximate surface area is 116 Å². The minimum absolute atomic E-state index is 0.108. The maximum absolute atomic E-state index is 12.3. The molecule has 0 radical (unpaired) electrons. The average molecular weight is 288 g/mol. The lowest BCUT2D eigenvalue weighted by Crippen LogP contribution is -2.37. The molecule has 6 heteroatoms. The first-order valence-electron chi connectivity index (χ1n) is 6.09. The molecular weight excluding hydrogens is 273 g/mol. The van der Waals surface area contributed by atoms with Gasteiger partial charge in [0, 0.05) is 13.1 Å². The third-order valence-corrected chi connectivity index (χ3v) is 3.79. The summed E-state index contributed by atoms with van der Waals surface area (Å²) in [6.45, 7) is 3.40. The fraction of sp³-hybridized carbons (Fsp3) is 0.583. The molecule has 0 unspecified atom stereocenters. The summed E-state index contributed by atoms with van der Waals surface area (Å²) in [5.41, 5.74) is 0.331. The van der Waals surface area contributed by atoms with E-state index < -0.39 is 0 Å². The molecule has 18 heavy (non-hydrogen) atoms. The Morgan fingerprint density at radius 3 is 2.72 bits per heavy atom. The van der Waals surface area contributed by atoms with Gasteiger partial charge in [0.25, 0.3) is 5.91 Å². The molecule has 0 N–H and O–H groups in total. The van der Waals surface area contributed by atoms with Gasteiger partial charge >= 0.3 is 0 Å². The number of amides is 1. The lowest BCUT2D eigenvalue weighted by atomic mass is 9.85. The van der Waals surface area contributed by atoms with Crippen molar-refractivity contribution >= 4 is 29.1 Å². The van der Waals surface area contributed by atoms with Crippen molar-refractivity contribution in [3.05, 3.63) is 21.9 Å². The highest BCUT2D eigenvalue weighted by molar-refractivity contribution is 6.34. The summed E-state index contributed by atoms with van der Waals surface area (Å²) in [5.74, 6) is 0.504. The van der Waals surface area contributed by atoms with Crippen molar-refractivity contribution in [3.63, 3.8) is 0 Å². The van der Waals surface area contributed by atoms with Crippen molar-refractivity contribution in [2.24, 2.45) is 5.92 Å². The number of carbonyl (C=O) groups is 1. The number of carbonyl (C=O) groups excluding carboxylic acids is 1. The Kier molecular flexibility index (Phi) is 4.40. The van der Waals surface area contributed by atoms with E-state index in [2.05, 4.69) is 10.2 Å². The Morgan fingerprint density at radius 2 is 2.17 bits per heavy atom. The van der Waals surface area contributed by atoms with Gasteiger partial charge in [-0.15, -0.1) is 10.2 Å². The molecule has 1 amide bonds.